The highest BCUT2D eigenvalue weighted by molar-refractivity contribution is 5.25. The van der Waals surface area contributed by atoms with Crippen LogP contribution in [0, 0.1) is 19.7 Å². The summed E-state index contributed by atoms with van der Waals surface area (Å²) in [6.45, 7) is 6.25. The number of benzene rings is 1. The molecule has 0 spiro atoms. The van der Waals surface area contributed by atoms with E-state index in [-0.39, 0.29) is 11.9 Å². The lowest BCUT2D eigenvalue weighted by molar-refractivity contribution is 0.386. The van der Waals surface area contributed by atoms with Gasteiger partial charge in [-0.05, 0) is 31.0 Å². The Morgan fingerprint density at radius 2 is 2.16 bits per heavy atom. The molecule has 2 aromatic rings. The monoisotopic (exact) mass is 263 g/mol. The topological polar surface area (TPSA) is 51.0 Å². The molecular formula is C14H18FN3O. The van der Waals surface area contributed by atoms with Gasteiger partial charge >= 0.3 is 0 Å². The summed E-state index contributed by atoms with van der Waals surface area (Å²) in [7, 11) is 0. The van der Waals surface area contributed by atoms with Crippen molar-refractivity contribution in [1.29, 1.82) is 0 Å². The lowest BCUT2D eigenvalue weighted by Gasteiger charge is -2.14. The second-order valence-corrected chi connectivity index (χ2v) is 4.66. The lowest BCUT2D eigenvalue weighted by atomic mass is 10.1. The maximum absolute atomic E-state index is 13.5. The Morgan fingerprint density at radius 3 is 2.79 bits per heavy atom. The van der Waals surface area contributed by atoms with E-state index < -0.39 is 0 Å². The van der Waals surface area contributed by atoms with Gasteiger partial charge in [0.1, 0.15) is 5.82 Å². The molecule has 1 N–H and O–H groups in total. The zero-order chi connectivity index (χ0) is 13.8. The van der Waals surface area contributed by atoms with Crippen LogP contribution in [0.4, 0.5) is 4.39 Å². The summed E-state index contributed by atoms with van der Waals surface area (Å²) in [4.78, 5) is 4.13. The maximum Gasteiger partial charge on any atom is 0.223 e. The molecule has 0 saturated heterocycles. The Labute approximate surface area is 112 Å². The van der Waals surface area contributed by atoms with Crippen LogP contribution in [0.3, 0.4) is 0 Å². The van der Waals surface area contributed by atoms with E-state index in [1.165, 1.54) is 0 Å². The van der Waals surface area contributed by atoms with Crippen molar-refractivity contribution in [1.82, 2.24) is 15.5 Å². The van der Waals surface area contributed by atoms with Crippen molar-refractivity contribution >= 4 is 0 Å². The van der Waals surface area contributed by atoms with Gasteiger partial charge in [0.15, 0.2) is 5.82 Å². The maximum atomic E-state index is 13.5. The Bertz CT molecular complexity index is 553. The summed E-state index contributed by atoms with van der Waals surface area (Å²) >= 11 is 0. The van der Waals surface area contributed by atoms with Crippen LogP contribution >= 0.6 is 0 Å². The number of aryl methyl sites for hydroxylation is 2. The fraction of sp³-hybridized carbons (Fsp3) is 0.429. The molecule has 0 aliphatic heterocycles. The minimum absolute atomic E-state index is 0.0862. The third-order valence-corrected chi connectivity index (χ3v) is 3.06. The average molecular weight is 263 g/mol. The van der Waals surface area contributed by atoms with Gasteiger partial charge in [-0.3, -0.25) is 0 Å². The van der Waals surface area contributed by atoms with E-state index in [1.54, 1.807) is 26.0 Å². The van der Waals surface area contributed by atoms with E-state index in [0.717, 1.165) is 12.1 Å². The van der Waals surface area contributed by atoms with Crippen LogP contribution in [-0.4, -0.2) is 16.7 Å². The minimum Gasteiger partial charge on any atom is -0.340 e. The molecule has 1 aromatic carbocycles. The second-order valence-electron chi connectivity index (χ2n) is 4.66. The molecule has 0 amide bonds. The predicted octanol–water partition coefficient (Wildman–Crippen LogP) is 2.72. The molecule has 0 aliphatic carbocycles. The van der Waals surface area contributed by atoms with Crippen LogP contribution in [0.25, 0.3) is 0 Å². The molecule has 0 saturated carbocycles. The Kier molecular flexibility index (Phi) is 4.27. The summed E-state index contributed by atoms with van der Waals surface area (Å²) in [6.07, 6.45) is 0.690. The smallest absolute Gasteiger partial charge is 0.223 e. The number of rotatable bonds is 5. The molecular weight excluding hydrogens is 245 g/mol. The van der Waals surface area contributed by atoms with Crippen LogP contribution in [-0.2, 0) is 6.42 Å². The molecule has 5 heteroatoms. The Hall–Kier alpha value is -1.75. The zero-order valence-electron chi connectivity index (χ0n) is 11.4. The fourth-order valence-corrected chi connectivity index (χ4v) is 1.84. The summed E-state index contributed by atoms with van der Waals surface area (Å²) in [5.74, 6) is 1.09. The number of nitrogens with one attached hydrogen (secondary N) is 1. The van der Waals surface area contributed by atoms with E-state index in [1.807, 2.05) is 13.0 Å². The number of nitrogens with zero attached hydrogens (tertiary/aromatic N) is 2. The molecule has 0 radical (unpaired) electrons. The Balaban J connectivity index is 1.86. The van der Waals surface area contributed by atoms with Gasteiger partial charge in [-0.2, -0.15) is 4.98 Å². The molecule has 1 atom stereocenters. The molecule has 1 aromatic heterocycles. The van der Waals surface area contributed by atoms with E-state index >= 15 is 0 Å². The van der Waals surface area contributed by atoms with Crippen molar-refractivity contribution < 1.29 is 8.91 Å². The van der Waals surface area contributed by atoms with Gasteiger partial charge < -0.3 is 9.84 Å². The molecule has 4 nitrogen and oxygen atoms in total. The Morgan fingerprint density at radius 1 is 1.37 bits per heavy atom. The minimum atomic E-state index is -0.167. The van der Waals surface area contributed by atoms with Crippen LogP contribution < -0.4 is 5.32 Å². The highest BCUT2D eigenvalue weighted by Crippen LogP contribution is 2.16. The fourth-order valence-electron chi connectivity index (χ4n) is 1.84. The van der Waals surface area contributed by atoms with Gasteiger partial charge in [-0.15, -0.1) is 0 Å². The third kappa shape index (κ3) is 3.61. The van der Waals surface area contributed by atoms with Gasteiger partial charge in [-0.1, -0.05) is 17.3 Å². The zero-order valence-corrected chi connectivity index (χ0v) is 11.4. The standard InChI is InChI=1S/C14H18FN3O/c1-9-4-5-12(8-13(9)15)10(2)16-7-6-14-17-11(3)19-18-14/h4-5,8,10,16H,6-7H2,1-3H3. The van der Waals surface area contributed by atoms with Gasteiger partial charge in [0, 0.05) is 25.9 Å². The normalized spacial score (nSPS) is 12.6. The first-order valence-corrected chi connectivity index (χ1v) is 6.35. The van der Waals surface area contributed by atoms with Gasteiger partial charge in [0.05, 0.1) is 0 Å². The number of aromatic nitrogens is 2. The molecule has 19 heavy (non-hydrogen) atoms. The van der Waals surface area contributed by atoms with Crippen molar-refractivity contribution in [2.24, 2.45) is 0 Å². The summed E-state index contributed by atoms with van der Waals surface area (Å²) < 4.78 is 18.4. The molecule has 102 valence electrons. The highest BCUT2D eigenvalue weighted by Gasteiger charge is 2.08. The van der Waals surface area contributed by atoms with Crippen LogP contribution in [0.1, 0.15) is 35.8 Å². The first-order valence-electron chi connectivity index (χ1n) is 6.35. The second kappa shape index (κ2) is 5.93. The van der Waals surface area contributed by atoms with E-state index in [9.17, 15) is 4.39 Å². The SMILES string of the molecule is Cc1nc(CCNC(C)c2ccc(C)c(F)c2)no1. The number of hydrogen-bond donors (Lipinski definition) is 1. The van der Waals surface area contributed by atoms with Crippen molar-refractivity contribution in [2.45, 2.75) is 33.2 Å². The van der Waals surface area contributed by atoms with Gasteiger partial charge in [-0.25, -0.2) is 4.39 Å². The molecule has 0 fully saturated rings. The molecule has 0 aliphatic rings. The van der Waals surface area contributed by atoms with Crippen LogP contribution in [0.5, 0.6) is 0 Å². The first-order chi connectivity index (χ1) is 9.06. The van der Waals surface area contributed by atoms with Crippen LogP contribution in [0.15, 0.2) is 22.7 Å². The quantitative estimate of drug-likeness (QED) is 0.901. The summed E-state index contributed by atoms with van der Waals surface area (Å²) in [6, 6.07) is 5.40. The van der Waals surface area contributed by atoms with Crippen molar-refractivity contribution in [3.63, 3.8) is 0 Å². The van der Waals surface area contributed by atoms with E-state index in [4.69, 9.17) is 4.52 Å². The average Bonchev–Trinajstić information content (AvgIpc) is 2.78. The van der Waals surface area contributed by atoms with E-state index in [2.05, 4.69) is 15.5 Å². The molecule has 1 unspecified atom stereocenters. The van der Waals surface area contributed by atoms with Crippen molar-refractivity contribution in [3.05, 3.63) is 46.9 Å². The largest absolute Gasteiger partial charge is 0.340 e. The predicted molar refractivity (Wildman–Crippen MR) is 70.3 cm³/mol. The molecule has 0 bridgehead atoms. The van der Waals surface area contributed by atoms with Gasteiger partial charge in [0.2, 0.25) is 5.89 Å². The molecule has 2 rings (SSSR count). The first kappa shape index (κ1) is 13.7. The lowest BCUT2D eigenvalue weighted by Crippen LogP contribution is -2.21. The number of hydrogen-bond acceptors (Lipinski definition) is 4. The highest BCUT2D eigenvalue weighted by atomic mass is 19.1. The van der Waals surface area contributed by atoms with Crippen molar-refractivity contribution in [2.75, 3.05) is 6.54 Å². The summed E-state index contributed by atoms with van der Waals surface area (Å²) in [5.41, 5.74) is 1.60. The van der Waals surface area contributed by atoms with Gasteiger partial charge in [0.25, 0.3) is 0 Å². The van der Waals surface area contributed by atoms with Crippen molar-refractivity contribution in [3.8, 4) is 0 Å². The van der Waals surface area contributed by atoms with E-state index in [0.29, 0.717) is 23.7 Å². The number of halogens is 1. The molecule has 1 heterocycles. The third-order valence-electron chi connectivity index (χ3n) is 3.06. The van der Waals surface area contributed by atoms with Crippen LogP contribution in [0.2, 0.25) is 0 Å². The summed E-state index contributed by atoms with van der Waals surface area (Å²) in [5, 5.41) is 7.14.